The minimum Gasteiger partial charge on any atom is -0.493 e. The van der Waals surface area contributed by atoms with E-state index in [1.165, 1.54) is 0 Å². The van der Waals surface area contributed by atoms with Crippen LogP contribution in [0.25, 0.3) is 0 Å². The Bertz CT molecular complexity index is 262. The first-order chi connectivity index (χ1) is 4.74. The first-order valence-electron chi connectivity index (χ1n) is 2.54. The Kier molecular flexibility index (Phi) is 1.62. The topological polar surface area (TPSA) is 50.2 Å². The fourth-order valence-electron chi connectivity index (χ4n) is 0.523. The molecule has 4 heteroatoms. The largest absolute Gasteiger partial charge is 0.493 e. The van der Waals surface area contributed by atoms with E-state index in [1.807, 2.05) is 0 Å². The molecule has 3 nitrogen and oxygen atoms in total. The van der Waals surface area contributed by atoms with Gasteiger partial charge in [0, 0.05) is 6.07 Å². The molecule has 1 aromatic rings. The highest BCUT2D eigenvalue weighted by atomic mass is 19.1. The molecular formula is C6H4FNO2. The molecule has 0 amide bonds. The summed E-state index contributed by atoms with van der Waals surface area (Å²) in [5.41, 5.74) is -0.155. The van der Waals surface area contributed by atoms with Crippen LogP contribution in [0.15, 0.2) is 12.1 Å². The van der Waals surface area contributed by atoms with Gasteiger partial charge in [-0.2, -0.15) is 9.37 Å². The van der Waals surface area contributed by atoms with Crippen molar-refractivity contribution in [3.63, 3.8) is 0 Å². The van der Waals surface area contributed by atoms with E-state index in [9.17, 15) is 9.18 Å². The highest BCUT2D eigenvalue weighted by Gasteiger charge is 2.01. The lowest BCUT2D eigenvalue weighted by atomic mass is 10.3. The van der Waals surface area contributed by atoms with Gasteiger partial charge in [0.1, 0.15) is 0 Å². The molecule has 10 heavy (non-hydrogen) atoms. The van der Waals surface area contributed by atoms with Crippen LogP contribution >= 0.6 is 0 Å². The normalized spacial score (nSPS) is 9.30. The Morgan fingerprint density at radius 2 is 2.30 bits per heavy atom. The van der Waals surface area contributed by atoms with E-state index in [1.54, 1.807) is 0 Å². The average Bonchev–Trinajstić information content (AvgIpc) is 1.88. The molecule has 0 saturated carbocycles. The van der Waals surface area contributed by atoms with E-state index in [-0.39, 0.29) is 5.56 Å². The number of aromatic nitrogens is 1. The predicted molar refractivity (Wildman–Crippen MR) is 31.2 cm³/mol. The molecule has 0 aliphatic rings. The third-order valence-electron chi connectivity index (χ3n) is 0.990. The summed E-state index contributed by atoms with van der Waals surface area (Å²) in [7, 11) is 0. The smallest absolute Gasteiger partial charge is 0.226 e. The number of rotatable bonds is 1. The lowest BCUT2D eigenvalue weighted by Crippen LogP contribution is -1.90. The van der Waals surface area contributed by atoms with Gasteiger partial charge in [-0.25, -0.2) is 0 Å². The monoisotopic (exact) mass is 141 g/mol. The molecule has 1 heterocycles. The first-order valence-corrected chi connectivity index (χ1v) is 2.54. The molecule has 1 N–H and O–H groups in total. The zero-order valence-corrected chi connectivity index (χ0v) is 4.91. The first kappa shape index (κ1) is 6.67. The molecule has 0 atom stereocenters. The molecule has 52 valence electrons. The number of aldehydes is 1. The number of halogens is 1. The Morgan fingerprint density at radius 1 is 1.60 bits per heavy atom. The highest BCUT2D eigenvalue weighted by molar-refractivity contribution is 5.74. The van der Waals surface area contributed by atoms with Crippen LogP contribution in [0.4, 0.5) is 4.39 Å². The van der Waals surface area contributed by atoms with Crippen molar-refractivity contribution in [2.75, 3.05) is 0 Å². The zero-order chi connectivity index (χ0) is 7.56. The molecule has 0 saturated heterocycles. The molecular weight excluding hydrogens is 137 g/mol. The molecule has 1 rings (SSSR count). The van der Waals surface area contributed by atoms with Crippen LogP contribution < -0.4 is 0 Å². The van der Waals surface area contributed by atoms with Crippen LogP contribution in [0.3, 0.4) is 0 Å². The summed E-state index contributed by atoms with van der Waals surface area (Å²) in [6, 6.07) is 2.30. The molecule has 0 spiro atoms. The maximum atomic E-state index is 12.3. The molecule has 0 unspecified atom stereocenters. The maximum Gasteiger partial charge on any atom is 0.226 e. The fourth-order valence-corrected chi connectivity index (χ4v) is 0.523. The van der Waals surface area contributed by atoms with E-state index >= 15 is 0 Å². The van der Waals surface area contributed by atoms with Gasteiger partial charge in [0.05, 0.1) is 5.56 Å². The highest BCUT2D eigenvalue weighted by Crippen LogP contribution is 2.07. The van der Waals surface area contributed by atoms with Gasteiger partial charge in [-0.3, -0.25) is 4.79 Å². The lowest BCUT2D eigenvalue weighted by Gasteiger charge is -1.92. The molecule has 0 bridgehead atoms. The predicted octanol–water partition coefficient (Wildman–Crippen LogP) is 0.739. The van der Waals surface area contributed by atoms with E-state index in [2.05, 4.69) is 4.98 Å². The summed E-state index contributed by atoms with van der Waals surface area (Å²) >= 11 is 0. The molecule has 1 aromatic heterocycles. The molecule has 0 aliphatic carbocycles. The van der Waals surface area contributed by atoms with E-state index in [0.29, 0.717) is 6.29 Å². The van der Waals surface area contributed by atoms with Crippen molar-refractivity contribution in [3.05, 3.63) is 23.6 Å². The Labute approximate surface area is 56.1 Å². The number of hydrogen-bond acceptors (Lipinski definition) is 3. The number of hydrogen-bond donors (Lipinski definition) is 1. The van der Waals surface area contributed by atoms with Crippen molar-refractivity contribution < 1.29 is 14.3 Å². The second kappa shape index (κ2) is 2.43. The van der Waals surface area contributed by atoms with Crippen molar-refractivity contribution in [2.45, 2.75) is 0 Å². The van der Waals surface area contributed by atoms with E-state index < -0.39 is 11.8 Å². The van der Waals surface area contributed by atoms with Crippen LogP contribution in [-0.2, 0) is 0 Å². The number of carbonyl (C=O) groups excluding carboxylic acids is 1. The van der Waals surface area contributed by atoms with Crippen LogP contribution in [0.1, 0.15) is 10.4 Å². The van der Waals surface area contributed by atoms with Gasteiger partial charge in [0.2, 0.25) is 11.8 Å². The van der Waals surface area contributed by atoms with Crippen molar-refractivity contribution in [1.82, 2.24) is 4.98 Å². The number of aromatic hydroxyl groups is 1. The van der Waals surface area contributed by atoms with Crippen LogP contribution in [0.5, 0.6) is 5.88 Å². The summed E-state index contributed by atoms with van der Waals surface area (Å²) in [4.78, 5) is 13.0. The van der Waals surface area contributed by atoms with Crippen LogP contribution in [0.2, 0.25) is 0 Å². The third kappa shape index (κ3) is 1.10. The second-order valence-corrected chi connectivity index (χ2v) is 1.67. The van der Waals surface area contributed by atoms with Gasteiger partial charge in [-0.15, -0.1) is 0 Å². The lowest BCUT2D eigenvalue weighted by molar-refractivity contribution is 0.111. The fraction of sp³-hybridized carbons (Fsp3) is 0. The summed E-state index contributed by atoms with van der Waals surface area (Å²) < 4.78 is 12.3. The third-order valence-corrected chi connectivity index (χ3v) is 0.990. The number of carbonyl (C=O) groups is 1. The van der Waals surface area contributed by atoms with E-state index in [4.69, 9.17) is 5.11 Å². The zero-order valence-electron chi connectivity index (χ0n) is 4.91. The Hall–Kier alpha value is -1.45. The SMILES string of the molecule is O=Cc1ccc(O)nc1F. The summed E-state index contributed by atoms with van der Waals surface area (Å²) in [6.45, 7) is 0. The number of nitrogens with zero attached hydrogens (tertiary/aromatic N) is 1. The molecule has 0 fully saturated rings. The quantitative estimate of drug-likeness (QED) is 0.463. The van der Waals surface area contributed by atoms with Crippen molar-refractivity contribution >= 4 is 6.29 Å². The van der Waals surface area contributed by atoms with Gasteiger partial charge in [0.25, 0.3) is 0 Å². The molecule has 0 aromatic carbocycles. The number of pyridine rings is 1. The van der Waals surface area contributed by atoms with Crippen molar-refractivity contribution in [2.24, 2.45) is 0 Å². The van der Waals surface area contributed by atoms with Gasteiger partial charge >= 0.3 is 0 Å². The molecule has 0 radical (unpaired) electrons. The summed E-state index contributed by atoms with van der Waals surface area (Å²) in [6.07, 6.45) is 0.335. The Morgan fingerprint density at radius 3 is 2.80 bits per heavy atom. The summed E-state index contributed by atoms with van der Waals surface area (Å²) in [5.74, 6) is -1.38. The second-order valence-electron chi connectivity index (χ2n) is 1.67. The van der Waals surface area contributed by atoms with Gasteiger partial charge in [0.15, 0.2) is 6.29 Å². The van der Waals surface area contributed by atoms with Crippen LogP contribution in [0, 0.1) is 5.95 Å². The van der Waals surface area contributed by atoms with Crippen LogP contribution in [-0.4, -0.2) is 16.4 Å². The van der Waals surface area contributed by atoms with Gasteiger partial charge in [-0.05, 0) is 6.07 Å². The van der Waals surface area contributed by atoms with Gasteiger partial charge < -0.3 is 5.11 Å². The van der Waals surface area contributed by atoms with Crippen molar-refractivity contribution in [3.8, 4) is 5.88 Å². The van der Waals surface area contributed by atoms with Crippen molar-refractivity contribution in [1.29, 1.82) is 0 Å². The maximum absolute atomic E-state index is 12.3. The van der Waals surface area contributed by atoms with E-state index in [0.717, 1.165) is 12.1 Å². The molecule has 0 aliphatic heterocycles. The Balaban J connectivity index is 3.19. The summed E-state index contributed by atoms with van der Waals surface area (Å²) in [5, 5.41) is 8.57. The minimum atomic E-state index is -0.949. The minimum absolute atomic E-state index is 0.155. The standard InChI is InChI=1S/C6H4FNO2/c7-6-4(3-9)1-2-5(10)8-6/h1-3H,(H,8,10). The van der Waals surface area contributed by atoms with Gasteiger partial charge in [-0.1, -0.05) is 0 Å². The average molecular weight is 141 g/mol.